The topological polar surface area (TPSA) is 60.7 Å². The van der Waals surface area contributed by atoms with Gasteiger partial charge in [-0.25, -0.2) is 0 Å². The summed E-state index contributed by atoms with van der Waals surface area (Å²) in [6.45, 7) is 0. The maximum absolute atomic E-state index is 9.18. The van der Waals surface area contributed by atoms with E-state index in [4.69, 9.17) is 18.9 Å². The van der Waals surface area contributed by atoms with Gasteiger partial charge in [-0.1, -0.05) is 6.07 Å². The molecule has 5 nitrogen and oxygen atoms in total. The van der Waals surface area contributed by atoms with E-state index in [0.29, 0.717) is 17.9 Å². The standard InChI is InChI=1S/C14H19NO4/c1-16-12-6-5-10(8-13(12)17-2)7-11(9-15)14(18-3)19-4/h5-6,8,11,14H,7H2,1-4H3/t11-/m1/s1. The Morgan fingerprint density at radius 3 is 2.16 bits per heavy atom. The molecule has 19 heavy (non-hydrogen) atoms. The number of hydrogen-bond donors (Lipinski definition) is 0. The van der Waals surface area contributed by atoms with Gasteiger partial charge in [0.2, 0.25) is 0 Å². The summed E-state index contributed by atoms with van der Waals surface area (Å²) in [6, 6.07) is 7.76. The van der Waals surface area contributed by atoms with Crippen molar-refractivity contribution < 1.29 is 18.9 Å². The molecule has 0 unspecified atom stereocenters. The lowest BCUT2D eigenvalue weighted by molar-refractivity contribution is -0.124. The summed E-state index contributed by atoms with van der Waals surface area (Å²) in [7, 11) is 6.21. The van der Waals surface area contributed by atoms with E-state index in [0.717, 1.165) is 5.56 Å². The SMILES string of the molecule is COc1ccc(C[C@H](C#N)C(OC)OC)cc1OC. The van der Waals surface area contributed by atoms with Crippen LogP contribution in [0.5, 0.6) is 11.5 Å². The molecule has 0 N–H and O–H groups in total. The monoisotopic (exact) mass is 265 g/mol. The van der Waals surface area contributed by atoms with Gasteiger partial charge < -0.3 is 18.9 Å². The molecule has 0 heterocycles. The molecular weight excluding hydrogens is 246 g/mol. The number of methoxy groups -OCH3 is 4. The maximum Gasteiger partial charge on any atom is 0.172 e. The Morgan fingerprint density at radius 1 is 1.05 bits per heavy atom. The Hall–Kier alpha value is -1.77. The van der Waals surface area contributed by atoms with Gasteiger partial charge in [0, 0.05) is 14.2 Å². The average molecular weight is 265 g/mol. The first kappa shape index (κ1) is 15.3. The highest BCUT2D eigenvalue weighted by Gasteiger charge is 2.21. The van der Waals surface area contributed by atoms with E-state index in [9.17, 15) is 5.26 Å². The van der Waals surface area contributed by atoms with E-state index < -0.39 is 6.29 Å². The van der Waals surface area contributed by atoms with E-state index >= 15 is 0 Å². The van der Waals surface area contributed by atoms with Crippen LogP contribution in [0.15, 0.2) is 18.2 Å². The van der Waals surface area contributed by atoms with Crippen LogP contribution in [0, 0.1) is 17.2 Å². The molecule has 0 aliphatic carbocycles. The van der Waals surface area contributed by atoms with E-state index in [1.165, 1.54) is 14.2 Å². The van der Waals surface area contributed by atoms with Crippen LogP contribution in [0.3, 0.4) is 0 Å². The van der Waals surface area contributed by atoms with Crippen LogP contribution in [-0.4, -0.2) is 34.7 Å². The second-order valence-electron chi connectivity index (χ2n) is 3.97. The Labute approximate surface area is 113 Å². The maximum atomic E-state index is 9.18. The first-order valence-corrected chi connectivity index (χ1v) is 5.86. The minimum Gasteiger partial charge on any atom is -0.493 e. The van der Waals surface area contributed by atoms with Crippen molar-refractivity contribution in [3.63, 3.8) is 0 Å². The third-order valence-electron chi connectivity index (χ3n) is 2.86. The van der Waals surface area contributed by atoms with Gasteiger partial charge in [0.15, 0.2) is 17.8 Å². The van der Waals surface area contributed by atoms with Crippen LogP contribution in [0.2, 0.25) is 0 Å². The van der Waals surface area contributed by atoms with Crippen LogP contribution in [0.25, 0.3) is 0 Å². The van der Waals surface area contributed by atoms with Crippen LogP contribution in [0.1, 0.15) is 5.56 Å². The molecule has 0 saturated carbocycles. The molecule has 1 atom stereocenters. The predicted octanol–water partition coefficient (Wildman–Crippen LogP) is 2.00. The van der Waals surface area contributed by atoms with E-state index in [1.807, 2.05) is 18.2 Å². The molecular formula is C14H19NO4. The zero-order valence-corrected chi connectivity index (χ0v) is 11.7. The van der Waals surface area contributed by atoms with Crippen molar-refractivity contribution in [2.75, 3.05) is 28.4 Å². The Kier molecular flexibility index (Phi) is 6.13. The van der Waals surface area contributed by atoms with Crippen LogP contribution in [0.4, 0.5) is 0 Å². The minimum absolute atomic E-state index is 0.381. The fraction of sp³-hybridized carbons (Fsp3) is 0.500. The van der Waals surface area contributed by atoms with Gasteiger partial charge in [0.25, 0.3) is 0 Å². The van der Waals surface area contributed by atoms with Gasteiger partial charge in [-0.3, -0.25) is 0 Å². The fourth-order valence-electron chi connectivity index (χ4n) is 1.89. The third-order valence-corrected chi connectivity index (χ3v) is 2.86. The lowest BCUT2D eigenvalue weighted by atomic mass is 9.99. The molecule has 0 fully saturated rings. The van der Waals surface area contributed by atoms with Crippen molar-refractivity contribution in [3.05, 3.63) is 23.8 Å². The molecule has 0 bridgehead atoms. The number of ether oxygens (including phenoxy) is 4. The summed E-state index contributed by atoms with van der Waals surface area (Å²) >= 11 is 0. The van der Waals surface area contributed by atoms with E-state index in [1.54, 1.807) is 14.2 Å². The molecule has 0 amide bonds. The van der Waals surface area contributed by atoms with Crippen LogP contribution in [-0.2, 0) is 15.9 Å². The first-order chi connectivity index (χ1) is 9.19. The second-order valence-corrected chi connectivity index (χ2v) is 3.97. The molecule has 0 saturated heterocycles. The molecule has 0 aliphatic rings. The summed E-state index contributed by atoms with van der Waals surface area (Å²) in [4.78, 5) is 0. The lowest BCUT2D eigenvalue weighted by Crippen LogP contribution is -2.25. The smallest absolute Gasteiger partial charge is 0.172 e. The third kappa shape index (κ3) is 3.85. The van der Waals surface area contributed by atoms with Gasteiger partial charge in [0.1, 0.15) is 5.92 Å². The van der Waals surface area contributed by atoms with Crippen molar-refractivity contribution in [1.29, 1.82) is 5.26 Å². The van der Waals surface area contributed by atoms with Gasteiger partial charge in [-0.05, 0) is 24.1 Å². The summed E-state index contributed by atoms with van der Waals surface area (Å²) in [5.74, 6) is 0.922. The predicted molar refractivity (Wildman–Crippen MR) is 70.2 cm³/mol. The van der Waals surface area contributed by atoms with Gasteiger partial charge in [-0.15, -0.1) is 0 Å². The zero-order valence-electron chi connectivity index (χ0n) is 11.7. The number of rotatable bonds is 7. The number of benzene rings is 1. The highest BCUT2D eigenvalue weighted by molar-refractivity contribution is 5.43. The van der Waals surface area contributed by atoms with Crippen molar-refractivity contribution in [2.24, 2.45) is 5.92 Å². The quantitative estimate of drug-likeness (QED) is 0.706. The summed E-state index contributed by atoms with van der Waals surface area (Å²) in [5.41, 5.74) is 0.961. The molecule has 1 aromatic carbocycles. The number of nitriles is 1. The van der Waals surface area contributed by atoms with E-state index in [2.05, 4.69) is 6.07 Å². The van der Waals surface area contributed by atoms with Crippen LogP contribution >= 0.6 is 0 Å². The lowest BCUT2D eigenvalue weighted by Gasteiger charge is -2.19. The summed E-state index contributed by atoms with van der Waals surface area (Å²) in [6.07, 6.45) is -0.0264. The number of nitrogens with zero attached hydrogens (tertiary/aromatic N) is 1. The molecule has 104 valence electrons. The van der Waals surface area contributed by atoms with Crippen molar-refractivity contribution in [3.8, 4) is 17.6 Å². The summed E-state index contributed by atoms with van der Waals surface area (Å²) in [5, 5.41) is 9.18. The first-order valence-electron chi connectivity index (χ1n) is 5.86. The Balaban J connectivity index is 2.89. The highest BCUT2D eigenvalue weighted by atomic mass is 16.7. The van der Waals surface area contributed by atoms with Crippen molar-refractivity contribution in [1.82, 2.24) is 0 Å². The molecule has 0 aromatic heterocycles. The molecule has 1 aromatic rings. The fourth-order valence-corrected chi connectivity index (χ4v) is 1.89. The minimum atomic E-state index is -0.543. The molecule has 0 spiro atoms. The average Bonchev–Trinajstić information content (AvgIpc) is 2.46. The van der Waals surface area contributed by atoms with Gasteiger partial charge in [0.05, 0.1) is 20.3 Å². The van der Waals surface area contributed by atoms with Crippen molar-refractivity contribution in [2.45, 2.75) is 12.7 Å². The molecule has 0 aliphatic heterocycles. The molecule has 5 heteroatoms. The second kappa shape index (κ2) is 7.62. The van der Waals surface area contributed by atoms with E-state index in [-0.39, 0.29) is 5.92 Å². The normalized spacial score (nSPS) is 12.0. The number of hydrogen-bond acceptors (Lipinski definition) is 5. The van der Waals surface area contributed by atoms with Crippen molar-refractivity contribution >= 4 is 0 Å². The highest BCUT2D eigenvalue weighted by Crippen LogP contribution is 2.29. The van der Waals surface area contributed by atoms with Gasteiger partial charge >= 0.3 is 0 Å². The Bertz CT molecular complexity index is 438. The molecule has 1 rings (SSSR count). The summed E-state index contributed by atoms with van der Waals surface area (Å²) < 4.78 is 20.7. The Morgan fingerprint density at radius 2 is 1.68 bits per heavy atom. The van der Waals surface area contributed by atoms with Crippen LogP contribution < -0.4 is 9.47 Å². The largest absolute Gasteiger partial charge is 0.493 e. The van der Waals surface area contributed by atoms with Gasteiger partial charge in [-0.2, -0.15) is 5.26 Å². The zero-order chi connectivity index (χ0) is 14.3. The molecule has 0 radical (unpaired) electrons.